The van der Waals surface area contributed by atoms with Gasteiger partial charge in [0.1, 0.15) is 0 Å². The van der Waals surface area contributed by atoms with Crippen molar-refractivity contribution in [3.05, 3.63) is 34.9 Å². The fraction of sp³-hybridized carbons (Fsp3) is 0.538. The minimum absolute atomic E-state index is 0.667. The Balaban J connectivity index is 1.99. The molecule has 0 bridgehead atoms. The molecular formula is C13H17N. The van der Waals surface area contributed by atoms with E-state index >= 15 is 0 Å². The molecule has 1 N–H and O–H groups in total. The maximum absolute atomic E-state index is 3.66. The number of benzene rings is 1. The summed E-state index contributed by atoms with van der Waals surface area (Å²) in [6.07, 6.45) is 4.28. The molecule has 1 atom stereocenters. The summed E-state index contributed by atoms with van der Waals surface area (Å²) >= 11 is 0. The van der Waals surface area contributed by atoms with Gasteiger partial charge in [0.2, 0.25) is 0 Å². The highest BCUT2D eigenvalue weighted by molar-refractivity contribution is 5.40. The van der Waals surface area contributed by atoms with Gasteiger partial charge in [0.15, 0.2) is 0 Å². The van der Waals surface area contributed by atoms with Gasteiger partial charge in [-0.2, -0.15) is 0 Å². The molecule has 1 nitrogen and oxygen atoms in total. The van der Waals surface area contributed by atoms with E-state index in [9.17, 15) is 0 Å². The van der Waals surface area contributed by atoms with Crippen LogP contribution in [0.15, 0.2) is 18.2 Å². The zero-order valence-corrected chi connectivity index (χ0v) is 8.72. The summed E-state index contributed by atoms with van der Waals surface area (Å²) in [4.78, 5) is 0. The van der Waals surface area contributed by atoms with Crippen molar-refractivity contribution in [2.75, 3.05) is 0 Å². The van der Waals surface area contributed by atoms with E-state index in [0.29, 0.717) is 6.04 Å². The number of hydrogen-bond acceptors (Lipinski definition) is 1. The second-order valence-corrected chi connectivity index (χ2v) is 4.70. The van der Waals surface area contributed by atoms with Crippen LogP contribution in [0.4, 0.5) is 0 Å². The van der Waals surface area contributed by atoms with Crippen molar-refractivity contribution >= 4 is 0 Å². The lowest BCUT2D eigenvalue weighted by molar-refractivity contribution is 0.240. The summed E-state index contributed by atoms with van der Waals surface area (Å²) in [7, 11) is 0. The maximum atomic E-state index is 3.66. The molecule has 0 amide bonds. The first kappa shape index (κ1) is 8.49. The number of fused-ring (bicyclic) bond motifs is 1. The lowest BCUT2D eigenvalue weighted by Crippen LogP contribution is -2.27. The average molecular weight is 187 g/mol. The van der Waals surface area contributed by atoms with Crippen LogP contribution in [-0.2, 0) is 6.54 Å². The van der Waals surface area contributed by atoms with E-state index in [2.05, 4.69) is 30.4 Å². The third-order valence-corrected chi connectivity index (χ3v) is 3.86. The van der Waals surface area contributed by atoms with Crippen LogP contribution in [-0.4, -0.2) is 0 Å². The van der Waals surface area contributed by atoms with E-state index in [1.807, 2.05) is 0 Å². The van der Waals surface area contributed by atoms with Gasteiger partial charge in [-0.1, -0.05) is 24.6 Å². The first-order valence-electron chi connectivity index (χ1n) is 5.68. The summed E-state index contributed by atoms with van der Waals surface area (Å²) in [6.45, 7) is 3.33. The molecule has 1 aliphatic carbocycles. The highest BCUT2D eigenvalue weighted by Gasteiger charge is 2.33. The van der Waals surface area contributed by atoms with Crippen LogP contribution in [0.1, 0.15) is 42.0 Å². The minimum Gasteiger partial charge on any atom is -0.306 e. The highest BCUT2D eigenvalue weighted by Crippen LogP contribution is 2.42. The van der Waals surface area contributed by atoms with Crippen LogP contribution >= 0.6 is 0 Å². The van der Waals surface area contributed by atoms with Gasteiger partial charge < -0.3 is 5.32 Å². The van der Waals surface area contributed by atoms with Gasteiger partial charge in [-0.15, -0.1) is 0 Å². The number of aryl methyl sites for hydroxylation is 1. The van der Waals surface area contributed by atoms with Crippen molar-refractivity contribution in [1.29, 1.82) is 0 Å². The van der Waals surface area contributed by atoms with Crippen molar-refractivity contribution in [2.24, 2.45) is 5.92 Å². The zero-order chi connectivity index (χ0) is 9.54. The summed E-state index contributed by atoms with van der Waals surface area (Å²) in [5, 5.41) is 3.66. The Hall–Kier alpha value is -0.820. The van der Waals surface area contributed by atoms with Crippen molar-refractivity contribution in [2.45, 2.75) is 38.8 Å². The number of rotatable bonds is 1. The molecule has 1 aromatic carbocycles. The predicted molar refractivity (Wildman–Crippen MR) is 58.1 cm³/mol. The predicted octanol–water partition coefficient (Wildman–Crippen LogP) is 2.94. The third-order valence-electron chi connectivity index (χ3n) is 3.86. The summed E-state index contributed by atoms with van der Waals surface area (Å²) in [5.74, 6) is 0.914. The molecule has 2 aliphatic rings. The molecule has 1 heteroatoms. The van der Waals surface area contributed by atoms with Crippen LogP contribution in [0, 0.1) is 12.8 Å². The molecule has 1 unspecified atom stereocenters. The highest BCUT2D eigenvalue weighted by atomic mass is 15.0. The molecule has 3 rings (SSSR count). The zero-order valence-electron chi connectivity index (χ0n) is 8.72. The molecule has 0 saturated heterocycles. The van der Waals surface area contributed by atoms with E-state index in [1.54, 1.807) is 5.56 Å². The van der Waals surface area contributed by atoms with Crippen LogP contribution in [0.2, 0.25) is 0 Å². The molecule has 0 spiro atoms. The second kappa shape index (κ2) is 3.09. The molecule has 1 aromatic rings. The van der Waals surface area contributed by atoms with Gasteiger partial charge in [-0.05, 0) is 42.4 Å². The molecule has 1 saturated carbocycles. The first-order valence-corrected chi connectivity index (χ1v) is 5.68. The SMILES string of the molecule is Cc1cccc2c1C(C1CCC1)NC2. The molecule has 0 radical (unpaired) electrons. The Labute approximate surface area is 85.5 Å². The Kier molecular flexibility index (Phi) is 1.88. The van der Waals surface area contributed by atoms with Crippen molar-refractivity contribution < 1.29 is 0 Å². The molecule has 1 fully saturated rings. The van der Waals surface area contributed by atoms with Gasteiger partial charge >= 0.3 is 0 Å². The molecule has 1 aliphatic heterocycles. The summed E-state index contributed by atoms with van der Waals surface area (Å²) < 4.78 is 0. The van der Waals surface area contributed by atoms with E-state index in [0.717, 1.165) is 12.5 Å². The Morgan fingerprint density at radius 3 is 2.86 bits per heavy atom. The molecular weight excluding hydrogens is 170 g/mol. The Morgan fingerprint density at radius 1 is 1.29 bits per heavy atom. The molecule has 14 heavy (non-hydrogen) atoms. The van der Waals surface area contributed by atoms with Gasteiger partial charge in [-0.3, -0.25) is 0 Å². The van der Waals surface area contributed by atoms with Crippen LogP contribution < -0.4 is 5.32 Å². The van der Waals surface area contributed by atoms with E-state index in [4.69, 9.17) is 0 Å². The minimum atomic E-state index is 0.667. The van der Waals surface area contributed by atoms with Crippen molar-refractivity contribution in [3.63, 3.8) is 0 Å². The Morgan fingerprint density at radius 2 is 2.14 bits per heavy atom. The second-order valence-electron chi connectivity index (χ2n) is 4.70. The average Bonchev–Trinajstić information content (AvgIpc) is 2.47. The van der Waals surface area contributed by atoms with Crippen LogP contribution in [0.3, 0.4) is 0 Å². The maximum Gasteiger partial charge on any atom is 0.0357 e. The molecule has 1 heterocycles. The van der Waals surface area contributed by atoms with Crippen LogP contribution in [0.25, 0.3) is 0 Å². The van der Waals surface area contributed by atoms with Crippen LogP contribution in [0.5, 0.6) is 0 Å². The normalized spacial score (nSPS) is 25.9. The Bertz CT molecular complexity index is 352. The van der Waals surface area contributed by atoms with Gasteiger partial charge in [0, 0.05) is 12.6 Å². The monoisotopic (exact) mass is 187 g/mol. The lowest BCUT2D eigenvalue weighted by Gasteiger charge is -2.32. The van der Waals surface area contributed by atoms with Gasteiger partial charge in [-0.25, -0.2) is 0 Å². The smallest absolute Gasteiger partial charge is 0.0357 e. The topological polar surface area (TPSA) is 12.0 Å². The molecule has 0 aromatic heterocycles. The molecule has 74 valence electrons. The fourth-order valence-electron chi connectivity index (χ4n) is 2.84. The quantitative estimate of drug-likeness (QED) is 0.712. The van der Waals surface area contributed by atoms with Crippen molar-refractivity contribution in [3.8, 4) is 0 Å². The van der Waals surface area contributed by atoms with Gasteiger partial charge in [0.05, 0.1) is 0 Å². The first-order chi connectivity index (χ1) is 6.86. The van der Waals surface area contributed by atoms with E-state index < -0.39 is 0 Å². The lowest BCUT2D eigenvalue weighted by atomic mass is 9.77. The number of nitrogens with one attached hydrogen (secondary N) is 1. The summed E-state index contributed by atoms with van der Waals surface area (Å²) in [5.41, 5.74) is 4.61. The van der Waals surface area contributed by atoms with E-state index in [1.165, 1.54) is 30.4 Å². The largest absolute Gasteiger partial charge is 0.306 e. The number of hydrogen-bond donors (Lipinski definition) is 1. The summed E-state index contributed by atoms with van der Waals surface area (Å²) in [6, 6.07) is 7.37. The van der Waals surface area contributed by atoms with Crippen molar-refractivity contribution in [1.82, 2.24) is 5.32 Å². The fourth-order valence-corrected chi connectivity index (χ4v) is 2.84. The van der Waals surface area contributed by atoms with Gasteiger partial charge in [0.25, 0.3) is 0 Å². The standard InChI is InChI=1S/C13H17N/c1-9-4-2-7-11-8-14-13(12(9)11)10-5-3-6-10/h2,4,7,10,13-14H,3,5-6,8H2,1H3. The third kappa shape index (κ3) is 1.12. The van der Waals surface area contributed by atoms with E-state index in [-0.39, 0.29) is 0 Å².